The van der Waals surface area contributed by atoms with E-state index in [0.29, 0.717) is 25.9 Å². The van der Waals surface area contributed by atoms with E-state index in [4.69, 9.17) is 0 Å². The van der Waals surface area contributed by atoms with Gasteiger partial charge in [-0.25, -0.2) is 8.42 Å². The average Bonchev–Trinajstić information content (AvgIpc) is 3.07. The third-order valence-electron chi connectivity index (χ3n) is 4.44. The Morgan fingerprint density at radius 3 is 2.40 bits per heavy atom. The van der Waals surface area contributed by atoms with Crippen LogP contribution in [0.15, 0.2) is 35.7 Å². The van der Waals surface area contributed by atoms with E-state index in [1.54, 1.807) is 11.0 Å². The highest BCUT2D eigenvalue weighted by atomic mass is 32.2. The Morgan fingerprint density at radius 2 is 1.80 bits per heavy atom. The Morgan fingerprint density at radius 1 is 1.12 bits per heavy atom. The second-order valence-corrected chi connectivity index (χ2v) is 7.96. The predicted octanol–water partition coefficient (Wildman–Crippen LogP) is 0.410. The number of rotatable bonds is 4. The lowest BCUT2D eigenvalue weighted by atomic mass is 10.2. The number of amides is 2. The molecule has 1 N–H and O–H groups in total. The Balaban J connectivity index is 1.57. The van der Waals surface area contributed by atoms with Crippen molar-refractivity contribution in [1.29, 1.82) is 0 Å². The molecule has 2 amide bonds. The first-order chi connectivity index (χ1) is 12.0. The molecule has 2 saturated heterocycles. The molecular formula is C17H21N3O4S. The Bertz CT molecular complexity index is 768. The van der Waals surface area contributed by atoms with E-state index >= 15 is 0 Å². The van der Waals surface area contributed by atoms with Gasteiger partial charge in [0.25, 0.3) is 0 Å². The molecule has 1 atom stereocenters. The first kappa shape index (κ1) is 17.6. The standard InChI is InChI=1S/C17H21N3O4S/c21-16-7-6-15(18-16)17(22)19-9-11-20(12-10-19)25(23,24)13-8-14-4-2-1-3-5-14/h1-5,8,13,15H,6-7,9-12H2,(H,18,21)/b13-8+/t15-/m0/s1. The largest absolute Gasteiger partial charge is 0.344 e. The van der Waals surface area contributed by atoms with Crippen LogP contribution in [-0.2, 0) is 19.6 Å². The summed E-state index contributed by atoms with van der Waals surface area (Å²) in [5, 5.41) is 3.86. The summed E-state index contributed by atoms with van der Waals surface area (Å²) in [4.78, 5) is 25.2. The lowest BCUT2D eigenvalue weighted by molar-refractivity contribution is -0.135. The van der Waals surface area contributed by atoms with Gasteiger partial charge in [0.15, 0.2) is 0 Å². The molecule has 1 aromatic carbocycles. The van der Waals surface area contributed by atoms with Gasteiger partial charge in [0.2, 0.25) is 21.8 Å². The molecule has 0 bridgehead atoms. The molecule has 0 aliphatic carbocycles. The SMILES string of the molecule is O=C1CC[C@@H](C(=O)N2CCN(S(=O)(=O)/C=C/c3ccccc3)CC2)N1. The molecule has 8 heteroatoms. The maximum Gasteiger partial charge on any atom is 0.245 e. The second kappa shape index (κ2) is 7.37. The molecule has 2 fully saturated rings. The number of hydrogen-bond acceptors (Lipinski definition) is 4. The summed E-state index contributed by atoms with van der Waals surface area (Å²) in [7, 11) is -3.51. The monoisotopic (exact) mass is 363 g/mol. The van der Waals surface area contributed by atoms with Gasteiger partial charge in [-0.2, -0.15) is 4.31 Å². The Hall–Kier alpha value is -2.19. The van der Waals surface area contributed by atoms with Crippen molar-refractivity contribution in [2.75, 3.05) is 26.2 Å². The number of carbonyl (C=O) groups excluding carboxylic acids is 2. The van der Waals surface area contributed by atoms with Gasteiger partial charge >= 0.3 is 0 Å². The van der Waals surface area contributed by atoms with Crippen molar-refractivity contribution in [3.05, 3.63) is 41.3 Å². The molecule has 1 aromatic rings. The topological polar surface area (TPSA) is 86.8 Å². The smallest absolute Gasteiger partial charge is 0.245 e. The molecule has 2 aliphatic rings. The summed E-state index contributed by atoms with van der Waals surface area (Å²) >= 11 is 0. The maximum atomic E-state index is 12.4. The van der Waals surface area contributed by atoms with Gasteiger partial charge in [-0.05, 0) is 18.1 Å². The van der Waals surface area contributed by atoms with Gasteiger partial charge < -0.3 is 10.2 Å². The van der Waals surface area contributed by atoms with Crippen LogP contribution in [0.25, 0.3) is 6.08 Å². The first-order valence-corrected chi connectivity index (χ1v) is 9.77. The summed E-state index contributed by atoms with van der Waals surface area (Å²) in [5.41, 5.74) is 0.817. The van der Waals surface area contributed by atoms with Crippen molar-refractivity contribution in [3.63, 3.8) is 0 Å². The minimum atomic E-state index is -3.51. The lowest BCUT2D eigenvalue weighted by Crippen LogP contribution is -2.54. The predicted molar refractivity (Wildman–Crippen MR) is 93.7 cm³/mol. The Kier molecular flexibility index (Phi) is 5.19. The van der Waals surface area contributed by atoms with E-state index in [0.717, 1.165) is 5.56 Å². The molecule has 2 aliphatic heterocycles. The van der Waals surface area contributed by atoms with E-state index in [-0.39, 0.29) is 24.9 Å². The number of piperazine rings is 1. The van der Waals surface area contributed by atoms with Crippen molar-refractivity contribution in [2.45, 2.75) is 18.9 Å². The van der Waals surface area contributed by atoms with Gasteiger partial charge in [-0.15, -0.1) is 0 Å². The van der Waals surface area contributed by atoms with Gasteiger partial charge in [0.1, 0.15) is 6.04 Å². The van der Waals surface area contributed by atoms with Crippen LogP contribution in [0.2, 0.25) is 0 Å². The highest BCUT2D eigenvalue weighted by Crippen LogP contribution is 2.15. The molecular weight excluding hydrogens is 342 g/mol. The fourth-order valence-electron chi connectivity index (χ4n) is 3.00. The Labute approximate surface area is 147 Å². The molecule has 7 nitrogen and oxygen atoms in total. The van der Waals surface area contributed by atoms with E-state index in [9.17, 15) is 18.0 Å². The van der Waals surface area contributed by atoms with Crippen molar-refractivity contribution < 1.29 is 18.0 Å². The highest BCUT2D eigenvalue weighted by Gasteiger charge is 2.33. The van der Waals surface area contributed by atoms with Crippen LogP contribution >= 0.6 is 0 Å². The van der Waals surface area contributed by atoms with Crippen molar-refractivity contribution in [2.24, 2.45) is 0 Å². The number of sulfonamides is 1. The van der Waals surface area contributed by atoms with Gasteiger partial charge in [0.05, 0.1) is 0 Å². The third kappa shape index (κ3) is 4.26. The van der Waals surface area contributed by atoms with Crippen LogP contribution in [-0.4, -0.2) is 61.7 Å². The zero-order valence-electron chi connectivity index (χ0n) is 13.8. The van der Waals surface area contributed by atoms with Crippen LogP contribution < -0.4 is 5.32 Å². The molecule has 0 saturated carbocycles. The average molecular weight is 363 g/mol. The summed E-state index contributed by atoms with van der Waals surface area (Å²) in [6, 6.07) is 8.76. The van der Waals surface area contributed by atoms with Crippen molar-refractivity contribution in [3.8, 4) is 0 Å². The van der Waals surface area contributed by atoms with E-state index < -0.39 is 16.1 Å². The number of nitrogens with one attached hydrogen (secondary N) is 1. The summed E-state index contributed by atoms with van der Waals surface area (Å²) in [6.45, 7) is 1.19. The summed E-state index contributed by atoms with van der Waals surface area (Å²) in [5.74, 6) is -0.228. The highest BCUT2D eigenvalue weighted by molar-refractivity contribution is 7.92. The molecule has 0 aromatic heterocycles. The zero-order chi connectivity index (χ0) is 17.9. The van der Waals surface area contributed by atoms with Crippen LogP contribution in [0.1, 0.15) is 18.4 Å². The number of benzene rings is 1. The minimum Gasteiger partial charge on any atom is -0.344 e. The van der Waals surface area contributed by atoms with Crippen molar-refractivity contribution in [1.82, 2.24) is 14.5 Å². The minimum absolute atomic E-state index is 0.106. The number of carbonyl (C=O) groups is 2. The van der Waals surface area contributed by atoms with Crippen molar-refractivity contribution >= 4 is 27.9 Å². The van der Waals surface area contributed by atoms with Crippen LogP contribution in [0.4, 0.5) is 0 Å². The molecule has 0 spiro atoms. The third-order valence-corrected chi connectivity index (χ3v) is 6.00. The second-order valence-electron chi connectivity index (χ2n) is 6.14. The molecule has 25 heavy (non-hydrogen) atoms. The normalized spacial score (nSPS) is 22.3. The molecule has 0 radical (unpaired) electrons. The lowest BCUT2D eigenvalue weighted by Gasteiger charge is -2.34. The first-order valence-electron chi connectivity index (χ1n) is 8.27. The molecule has 134 valence electrons. The maximum absolute atomic E-state index is 12.4. The summed E-state index contributed by atoms with van der Waals surface area (Å²) in [6.07, 6.45) is 2.45. The number of nitrogens with zero attached hydrogens (tertiary/aromatic N) is 2. The fraction of sp³-hybridized carbons (Fsp3) is 0.412. The zero-order valence-corrected chi connectivity index (χ0v) is 14.6. The molecule has 2 heterocycles. The molecule has 0 unspecified atom stereocenters. The van der Waals surface area contributed by atoms with Gasteiger partial charge in [0, 0.05) is 38.0 Å². The fourth-order valence-corrected chi connectivity index (χ4v) is 4.17. The van der Waals surface area contributed by atoms with E-state index in [1.807, 2.05) is 30.3 Å². The van der Waals surface area contributed by atoms with E-state index in [2.05, 4.69) is 5.32 Å². The summed E-state index contributed by atoms with van der Waals surface area (Å²) < 4.78 is 26.2. The van der Waals surface area contributed by atoms with Gasteiger partial charge in [-0.1, -0.05) is 30.3 Å². The van der Waals surface area contributed by atoms with Crippen LogP contribution in [0.3, 0.4) is 0 Å². The quantitative estimate of drug-likeness (QED) is 0.839. The van der Waals surface area contributed by atoms with Crippen LogP contribution in [0.5, 0.6) is 0 Å². The van der Waals surface area contributed by atoms with E-state index in [1.165, 1.54) is 9.71 Å². The molecule has 3 rings (SSSR count). The van der Waals surface area contributed by atoms with Gasteiger partial charge in [-0.3, -0.25) is 9.59 Å². The van der Waals surface area contributed by atoms with Crippen LogP contribution in [0, 0.1) is 0 Å². The number of hydrogen-bond donors (Lipinski definition) is 1.